The van der Waals surface area contributed by atoms with Crippen molar-refractivity contribution in [1.29, 1.82) is 0 Å². The summed E-state index contributed by atoms with van der Waals surface area (Å²) in [5.74, 6) is -0.00297. The predicted octanol–water partition coefficient (Wildman–Crippen LogP) is 5.05. The predicted molar refractivity (Wildman–Crippen MR) is 135 cm³/mol. The van der Waals surface area contributed by atoms with Crippen LogP contribution in [-0.2, 0) is 22.6 Å². The van der Waals surface area contributed by atoms with E-state index in [0.29, 0.717) is 17.3 Å². The van der Waals surface area contributed by atoms with E-state index < -0.39 is 0 Å². The van der Waals surface area contributed by atoms with Gasteiger partial charge in [0.05, 0.1) is 11.3 Å². The molecule has 0 radical (unpaired) electrons. The Bertz CT molecular complexity index is 1210. The minimum atomic E-state index is -0.361. The first-order valence-electron chi connectivity index (χ1n) is 10.4. The molecule has 1 saturated heterocycles. The van der Waals surface area contributed by atoms with Gasteiger partial charge in [-0.15, -0.1) is 0 Å². The third-order valence-electron chi connectivity index (χ3n) is 4.96. The van der Waals surface area contributed by atoms with Gasteiger partial charge in [-0.25, -0.2) is 0 Å². The highest BCUT2D eigenvalue weighted by Gasteiger charge is 2.33. The summed E-state index contributed by atoms with van der Waals surface area (Å²) in [6.07, 6.45) is 1.90. The van der Waals surface area contributed by atoms with Gasteiger partial charge in [-0.2, -0.15) is 5.01 Å². The molecule has 0 bridgehead atoms. The Balaban J connectivity index is 1.45. The molecule has 5 nitrogen and oxygen atoms in total. The maximum atomic E-state index is 12.9. The van der Waals surface area contributed by atoms with E-state index in [2.05, 4.69) is 5.43 Å². The number of hydrazine groups is 1. The highest BCUT2D eigenvalue weighted by atomic mass is 32.2. The lowest BCUT2D eigenvalue weighted by Crippen LogP contribution is -2.45. The molecule has 1 heterocycles. The van der Waals surface area contributed by atoms with E-state index in [4.69, 9.17) is 17.0 Å². The van der Waals surface area contributed by atoms with Crippen LogP contribution in [0.15, 0.2) is 83.8 Å². The quantitative estimate of drug-likeness (QED) is 0.384. The van der Waals surface area contributed by atoms with Crippen molar-refractivity contribution in [3.63, 3.8) is 0 Å². The van der Waals surface area contributed by atoms with Crippen LogP contribution in [0.3, 0.4) is 0 Å². The number of hydrogen-bond acceptors (Lipinski definition) is 5. The van der Waals surface area contributed by atoms with E-state index in [1.54, 1.807) is 6.08 Å². The molecule has 2 amide bonds. The van der Waals surface area contributed by atoms with Crippen LogP contribution < -0.4 is 10.2 Å². The molecule has 33 heavy (non-hydrogen) atoms. The summed E-state index contributed by atoms with van der Waals surface area (Å²) in [7, 11) is 0. The number of hydrogen-bond donors (Lipinski definition) is 1. The largest absolute Gasteiger partial charge is 0.488 e. The minimum absolute atomic E-state index is 0.159. The molecule has 0 aromatic heterocycles. The first-order chi connectivity index (χ1) is 16.0. The highest BCUT2D eigenvalue weighted by molar-refractivity contribution is 8.26. The average molecular weight is 475 g/mol. The van der Waals surface area contributed by atoms with Gasteiger partial charge in [-0.05, 0) is 42.4 Å². The van der Waals surface area contributed by atoms with Crippen molar-refractivity contribution >= 4 is 46.2 Å². The first-order valence-corrected chi connectivity index (χ1v) is 11.6. The summed E-state index contributed by atoms with van der Waals surface area (Å²) in [5, 5.41) is 1.13. The van der Waals surface area contributed by atoms with Crippen LogP contribution in [0.25, 0.3) is 6.08 Å². The van der Waals surface area contributed by atoms with Gasteiger partial charge in [-0.1, -0.05) is 90.1 Å². The molecule has 3 aromatic rings. The maximum Gasteiger partial charge on any atom is 0.285 e. The number of ether oxygens (including phenoxy) is 1. The number of carbonyl (C=O) groups is 2. The second-order valence-corrected chi connectivity index (χ2v) is 9.20. The van der Waals surface area contributed by atoms with Crippen LogP contribution >= 0.6 is 24.0 Å². The van der Waals surface area contributed by atoms with Crippen molar-refractivity contribution in [3.05, 3.63) is 106 Å². The molecule has 0 saturated carbocycles. The number of nitrogens with zero attached hydrogens (tertiary/aromatic N) is 1. The summed E-state index contributed by atoms with van der Waals surface area (Å²) in [4.78, 5) is 25.8. The van der Waals surface area contributed by atoms with Gasteiger partial charge in [-0.3, -0.25) is 15.0 Å². The molecule has 1 fully saturated rings. The zero-order valence-electron chi connectivity index (χ0n) is 18.0. The van der Waals surface area contributed by atoms with E-state index in [1.807, 2.05) is 85.8 Å². The van der Waals surface area contributed by atoms with E-state index in [1.165, 1.54) is 5.56 Å². The maximum absolute atomic E-state index is 12.9. The molecule has 1 aliphatic heterocycles. The van der Waals surface area contributed by atoms with Crippen LogP contribution in [0.1, 0.15) is 22.3 Å². The van der Waals surface area contributed by atoms with Crippen molar-refractivity contribution in [3.8, 4) is 5.75 Å². The Morgan fingerprint density at radius 1 is 1.00 bits per heavy atom. The van der Waals surface area contributed by atoms with Crippen LogP contribution in [-0.4, -0.2) is 21.1 Å². The fourth-order valence-electron chi connectivity index (χ4n) is 3.23. The zero-order chi connectivity index (χ0) is 23.2. The van der Waals surface area contributed by atoms with Crippen LogP contribution in [0.4, 0.5) is 0 Å². The highest BCUT2D eigenvalue weighted by Crippen LogP contribution is 2.33. The van der Waals surface area contributed by atoms with E-state index in [-0.39, 0.29) is 22.6 Å². The summed E-state index contributed by atoms with van der Waals surface area (Å²) in [5.41, 5.74) is 6.49. The van der Waals surface area contributed by atoms with Gasteiger partial charge in [0.1, 0.15) is 12.4 Å². The third kappa shape index (κ3) is 5.88. The molecule has 7 heteroatoms. The Kier molecular flexibility index (Phi) is 7.22. The number of rotatable bonds is 7. The molecule has 1 N–H and O–H groups in total. The second kappa shape index (κ2) is 10.5. The van der Waals surface area contributed by atoms with Crippen LogP contribution in [0.5, 0.6) is 5.75 Å². The van der Waals surface area contributed by atoms with Crippen LogP contribution in [0, 0.1) is 6.92 Å². The first kappa shape index (κ1) is 22.8. The summed E-state index contributed by atoms with van der Waals surface area (Å²) >= 11 is 6.48. The van der Waals surface area contributed by atoms with Crippen molar-refractivity contribution < 1.29 is 14.3 Å². The van der Waals surface area contributed by atoms with E-state index in [0.717, 1.165) is 33.5 Å². The van der Waals surface area contributed by atoms with Gasteiger partial charge in [0, 0.05) is 5.56 Å². The number of amides is 2. The summed E-state index contributed by atoms with van der Waals surface area (Å²) in [6, 6.07) is 25.0. The molecule has 3 aromatic carbocycles. The number of nitrogens with one attached hydrogen (secondary N) is 1. The Morgan fingerprint density at radius 3 is 2.45 bits per heavy atom. The molecular weight excluding hydrogens is 452 g/mol. The van der Waals surface area contributed by atoms with Crippen molar-refractivity contribution in [2.75, 3.05) is 0 Å². The third-order valence-corrected chi connectivity index (χ3v) is 6.26. The van der Waals surface area contributed by atoms with Gasteiger partial charge < -0.3 is 4.74 Å². The molecule has 0 aliphatic carbocycles. The summed E-state index contributed by atoms with van der Waals surface area (Å²) < 4.78 is 6.29. The van der Waals surface area contributed by atoms with E-state index in [9.17, 15) is 9.59 Å². The number of thiocarbonyl (C=S) groups is 1. The topological polar surface area (TPSA) is 58.6 Å². The van der Waals surface area contributed by atoms with Crippen molar-refractivity contribution in [2.24, 2.45) is 0 Å². The molecule has 0 spiro atoms. The van der Waals surface area contributed by atoms with Crippen molar-refractivity contribution in [2.45, 2.75) is 20.0 Å². The molecule has 1 aliphatic rings. The molecule has 0 unspecified atom stereocenters. The van der Waals surface area contributed by atoms with Gasteiger partial charge in [0.15, 0.2) is 4.32 Å². The fraction of sp³-hybridized carbons (Fsp3) is 0.115. The molecule has 4 rings (SSSR count). The molecular formula is C26H22N2O3S2. The average Bonchev–Trinajstić information content (AvgIpc) is 3.07. The number of aryl methyl sites for hydroxylation is 1. The number of benzene rings is 3. The standard InChI is InChI=1S/C26H22N2O3S2/c1-18-11-13-20(14-12-18)17-31-22-10-6-5-9-21(22)16-23-25(30)28(26(32)33-23)27-24(29)15-19-7-3-2-4-8-19/h2-14,16H,15,17H2,1H3,(H,27,29). The lowest BCUT2D eigenvalue weighted by Gasteiger charge is -2.15. The fourth-order valence-corrected chi connectivity index (χ4v) is 4.40. The summed E-state index contributed by atoms with van der Waals surface area (Å²) in [6.45, 7) is 2.46. The van der Waals surface area contributed by atoms with Gasteiger partial charge in [0.2, 0.25) is 5.91 Å². The van der Waals surface area contributed by atoms with Crippen molar-refractivity contribution in [1.82, 2.24) is 10.4 Å². The lowest BCUT2D eigenvalue weighted by molar-refractivity contribution is -0.132. The van der Waals surface area contributed by atoms with Gasteiger partial charge in [0.25, 0.3) is 5.91 Å². The SMILES string of the molecule is Cc1ccc(COc2ccccc2C=C2SC(=S)N(NC(=O)Cc3ccccc3)C2=O)cc1. The lowest BCUT2D eigenvalue weighted by atomic mass is 10.1. The van der Waals surface area contributed by atoms with Gasteiger partial charge >= 0.3 is 0 Å². The Labute approximate surface area is 202 Å². The Morgan fingerprint density at radius 2 is 1.70 bits per heavy atom. The normalized spacial score (nSPS) is 14.6. The van der Waals surface area contributed by atoms with E-state index >= 15 is 0 Å². The second-order valence-electron chi connectivity index (χ2n) is 7.53. The zero-order valence-corrected chi connectivity index (χ0v) is 19.6. The number of thioether (sulfide) groups is 1. The smallest absolute Gasteiger partial charge is 0.285 e. The number of carbonyl (C=O) groups excluding carboxylic acids is 2. The monoisotopic (exact) mass is 474 g/mol. The minimum Gasteiger partial charge on any atom is -0.488 e. The molecule has 0 atom stereocenters. The molecule has 166 valence electrons. The number of para-hydroxylation sites is 1. The Hall–Kier alpha value is -3.42. The van der Waals surface area contributed by atoms with Crippen LogP contribution in [0.2, 0.25) is 0 Å².